The molecule has 0 fully saturated rings. The van der Waals surface area contributed by atoms with E-state index in [9.17, 15) is 0 Å². The zero-order valence-corrected chi connectivity index (χ0v) is 33.5. The maximum atomic E-state index is 6.59. The average Bonchev–Trinajstić information content (AvgIpc) is 3.88. The molecule has 3 nitrogen and oxygen atoms in total. The van der Waals surface area contributed by atoms with Crippen LogP contribution in [0.25, 0.3) is 88.7 Å². The van der Waals surface area contributed by atoms with Gasteiger partial charge in [-0.1, -0.05) is 158 Å². The lowest BCUT2D eigenvalue weighted by Crippen LogP contribution is -2.28. The highest BCUT2D eigenvalue weighted by Gasteiger charge is 2.20. The molecule has 0 saturated heterocycles. The summed E-state index contributed by atoms with van der Waals surface area (Å²) in [4.78, 5) is 2.39. The number of anilines is 3. The van der Waals surface area contributed by atoms with Crippen molar-refractivity contribution in [1.82, 2.24) is 4.57 Å². The van der Waals surface area contributed by atoms with E-state index >= 15 is 0 Å². The van der Waals surface area contributed by atoms with Gasteiger partial charge in [-0.05, 0) is 112 Å². The van der Waals surface area contributed by atoms with Gasteiger partial charge in [0.2, 0.25) is 0 Å². The molecule has 12 rings (SSSR count). The number of hydrogen-bond acceptors (Lipinski definition) is 2. The topological polar surface area (TPSA) is 21.3 Å². The first-order valence-electron chi connectivity index (χ1n) is 21.1. The Morgan fingerprint density at radius 3 is 1.74 bits per heavy atom. The maximum absolute atomic E-state index is 6.59. The van der Waals surface area contributed by atoms with Gasteiger partial charge in [-0.25, -0.2) is 0 Å². The van der Waals surface area contributed by atoms with Crippen LogP contribution in [0.3, 0.4) is 0 Å². The summed E-state index contributed by atoms with van der Waals surface area (Å²) >= 11 is 0. The van der Waals surface area contributed by atoms with E-state index in [2.05, 4.69) is 228 Å². The van der Waals surface area contributed by atoms with Crippen molar-refractivity contribution in [2.24, 2.45) is 0 Å². The molecule has 0 radical (unpaired) electrons. The largest absolute Gasteiger partial charge is 0.454 e. The molecule has 0 atom stereocenters. The molecule has 2 heterocycles. The number of para-hydroxylation sites is 2. The Morgan fingerprint density at radius 1 is 0.410 bits per heavy atom. The lowest BCUT2D eigenvalue weighted by Gasteiger charge is -2.27. The zero-order valence-electron chi connectivity index (χ0n) is 33.5. The molecule has 0 bridgehead atoms. The van der Waals surface area contributed by atoms with E-state index in [0.29, 0.717) is 0 Å². The molecule has 1 aliphatic carbocycles. The molecule has 2 aromatic heterocycles. The molecule has 0 amide bonds. The standard InChI is InChI=1S/C58H40N2O/c1-2-13-39(14-3-1)43-17-10-18-44(37-43)40-27-32-46(33-28-40)59(53-24-11-16-42-15-4-5-19-48(42)53)47-34-29-41(30-35-47)45-31-36-55-52(38-45)49-20-6-8-23-54(49)60(55)56-25-12-22-51-50-21-7-9-26-57(50)61-58(51)56/h1-11,13-24,26-38H,12,25H2. The first-order valence-corrected chi connectivity index (χ1v) is 21.1. The van der Waals surface area contributed by atoms with Crippen LogP contribution in [-0.2, 0) is 0 Å². The quantitative estimate of drug-likeness (QED) is 0.161. The third-order valence-electron chi connectivity index (χ3n) is 12.5. The molecule has 61 heavy (non-hydrogen) atoms. The van der Waals surface area contributed by atoms with Gasteiger partial charge in [0, 0.05) is 38.1 Å². The van der Waals surface area contributed by atoms with Gasteiger partial charge in [0.1, 0.15) is 5.58 Å². The van der Waals surface area contributed by atoms with Crippen molar-refractivity contribution in [2.45, 2.75) is 12.8 Å². The minimum Gasteiger partial charge on any atom is -0.454 e. The van der Waals surface area contributed by atoms with E-state index in [1.165, 1.54) is 82.3 Å². The van der Waals surface area contributed by atoms with Crippen molar-refractivity contribution in [2.75, 3.05) is 4.90 Å². The molecule has 288 valence electrons. The van der Waals surface area contributed by atoms with Crippen LogP contribution < -0.4 is 15.5 Å². The number of nitrogens with zero attached hydrogens (tertiary/aromatic N) is 2. The van der Waals surface area contributed by atoms with E-state index < -0.39 is 0 Å². The third kappa shape index (κ3) is 5.97. The minimum absolute atomic E-state index is 0.918. The second kappa shape index (κ2) is 14.4. The molecule has 0 aliphatic heterocycles. The Morgan fingerprint density at radius 2 is 0.967 bits per heavy atom. The monoisotopic (exact) mass is 780 g/mol. The molecule has 1 aliphatic rings. The Bertz CT molecular complexity index is 3570. The summed E-state index contributed by atoms with van der Waals surface area (Å²) < 4.78 is 9.03. The molecule has 0 unspecified atom stereocenters. The Kier molecular flexibility index (Phi) is 8.31. The lowest BCUT2D eigenvalue weighted by molar-refractivity contribution is 0.564. The number of rotatable bonds is 7. The molecule has 3 heteroatoms. The summed E-state index contributed by atoms with van der Waals surface area (Å²) in [6.07, 6.45) is 4.23. The fourth-order valence-electron chi connectivity index (χ4n) is 9.55. The van der Waals surface area contributed by atoms with Crippen molar-refractivity contribution in [3.63, 3.8) is 0 Å². The van der Waals surface area contributed by atoms with Crippen molar-refractivity contribution < 1.29 is 4.42 Å². The summed E-state index contributed by atoms with van der Waals surface area (Å²) in [6, 6.07) is 76.8. The second-order valence-electron chi connectivity index (χ2n) is 16.0. The summed E-state index contributed by atoms with van der Waals surface area (Å²) in [7, 11) is 0. The van der Waals surface area contributed by atoms with Crippen LogP contribution in [0, 0.1) is 0 Å². The number of benzene rings is 9. The van der Waals surface area contributed by atoms with E-state index in [-0.39, 0.29) is 0 Å². The van der Waals surface area contributed by atoms with Gasteiger partial charge in [-0.3, -0.25) is 0 Å². The third-order valence-corrected chi connectivity index (χ3v) is 12.5. The van der Waals surface area contributed by atoms with Crippen molar-refractivity contribution in [3.05, 3.63) is 223 Å². The number of aromatic nitrogens is 1. The predicted octanol–water partition coefficient (Wildman–Crippen LogP) is 14.4. The molecule has 9 aromatic carbocycles. The van der Waals surface area contributed by atoms with Crippen LogP contribution in [-0.4, -0.2) is 4.57 Å². The Hall–Kier alpha value is -7.88. The smallest absolute Gasteiger partial charge is 0.154 e. The van der Waals surface area contributed by atoms with E-state index in [4.69, 9.17) is 4.42 Å². The zero-order chi connectivity index (χ0) is 40.3. The summed E-state index contributed by atoms with van der Waals surface area (Å²) in [6.45, 7) is 0. The second-order valence-corrected chi connectivity index (χ2v) is 16.0. The summed E-state index contributed by atoms with van der Waals surface area (Å²) in [5.74, 6) is 0. The summed E-state index contributed by atoms with van der Waals surface area (Å²) in [5.41, 5.74) is 16.1. The van der Waals surface area contributed by atoms with Crippen molar-refractivity contribution in [1.29, 1.82) is 0 Å². The van der Waals surface area contributed by atoms with E-state index in [0.717, 1.165) is 40.9 Å². The maximum Gasteiger partial charge on any atom is 0.154 e. The molecule has 11 aromatic rings. The molecule has 0 spiro atoms. The Balaban J connectivity index is 0.942. The molecule has 0 N–H and O–H groups in total. The van der Waals surface area contributed by atoms with Gasteiger partial charge in [0.15, 0.2) is 5.42 Å². The van der Waals surface area contributed by atoms with Gasteiger partial charge in [-0.2, -0.15) is 0 Å². The fourth-order valence-corrected chi connectivity index (χ4v) is 9.55. The lowest BCUT2D eigenvalue weighted by atomic mass is 9.98. The van der Waals surface area contributed by atoms with Crippen LogP contribution in [0.4, 0.5) is 17.1 Å². The van der Waals surface area contributed by atoms with Gasteiger partial charge < -0.3 is 13.9 Å². The van der Waals surface area contributed by atoms with Crippen LogP contribution in [0.15, 0.2) is 217 Å². The minimum atomic E-state index is 0.918. The Labute approximate surface area is 354 Å². The highest BCUT2D eigenvalue weighted by Crippen LogP contribution is 2.41. The fraction of sp³-hybridized carbons (Fsp3) is 0.0345. The van der Waals surface area contributed by atoms with E-state index in [1.807, 2.05) is 0 Å². The van der Waals surface area contributed by atoms with Gasteiger partial charge in [-0.15, -0.1) is 0 Å². The predicted molar refractivity (Wildman–Crippen MR) is 256 cm³/mol. The first-order chi connectivity index (χ1) is 30.2. The molecular weight excluding hydrogens is 741 g/mol. The highest BCUT2D eigenvalue weighted by molar-refractivity contribution is 6.11. The van der Waals surface area contributed by atoms with Crippen LogP contribution >= 0.6 is 0 Å². The van der Waals surface area contributed by atoms with Crippen LogP contribution in [0.2, 0.25) is 0 Å². The average molecular weight is 781 g/mol. The van der Waals surface area contributed by atoms with Crippen LogP contribution in [0.5, 0.6) is 0 Å². The van der Waals surface area contributed by atoms with Gasteiger partial charge >= 0.3 is 0 Å². The number of fused-ring (bicyclic) bond motifs is 7. The van der Waals surface area contributed by atoms with E-state index in [1.54, 1.807) is 0 Å². The van der Waals surface area contributed by atoms with Crippen molar-refractivity contribution in [3.8, 4) is 33.4 Å². The first kappa shape index (κ1) is 35.1. The van der Waals surface area contributed by atoms with Crippen LogP contribution in [0.1, 0.15) is 12.8 Å². The molecule has 0 saturated carbocycles. The number of furan rings is 1. The van der Waals surface area contributed by atoms with Gasteiger partial charge in [0.05, 0.1) is 22.4 Å². The number of hydrogen-bond donors (Lipinski definition) is 0. The molecular formula is C58H40N2O. The normalized spacial score (nSPS) is 12.6. The highest BCUT2D eigenvalue weighted by atomic mass is 16.3. The van der Waals surface area contributed by atoms with Gasteiger partial charge in [0.25, 0.3) is 0 Å². The summed E-state index contributed by atoms with van der Waals surface area (Å²) in [5, 5.41) is 7.30. The van der Waals surface area contributed by atoms with Crippen molar-refractivity contribution >= 4 is 72.4 Å². The SMILES string of the molecule is C1=c2c(oc3ccccc23)=C(n2c3ccccc3c3cc(-c4ccc(N(c5ccc(-c6cccc(-c7ccccc7)c6)cc5)c5cccc6ccccc56)cc4)ccc32)CC1.